The molecule has 3 nitrogen and oxygen atoms in total. The Bertz CT molecular complexity index is 212. The normalized spacial score (nSPS) is 35.6. The van der Waals surface area contributed by atoms with Crippen LogP contribution in [0.25, 0.3) is 0 Å². The average Bonchev–Trinajstić information content (AvgIpc) is 2.27. The van der Waals surface area contributed by atoms with Crippen LogP contribution in [-0.4, -0.2) is 48.3 Å². The second-order valence-corrected chi connectivity index (χ2v) is 5.94. The Hall–Kier alpha value is -0.120. The number of hydrogen-bond acceptors (Lipinski definition) is 3. The lowest BCUT2D eigenvalue weighted by Gasteiger charge is -2.45. The molecule has 0 aliphatic carbocycles. The Kier molecular flexibility index (Phi) is 4.22. The topological polar surface area (TPSA) is 35.5 Å². The minimum absolute atomic E-state index is 0.171. The molecule has 2 unspecified atom stereocenters. The minimum atomic E-state index is -0.171. The molecule has 3 saturated heterocycles. The van der Waals surface area contributed by atoms with Gasteiger partial charge in [0.2, 0.25) is 0 Å². The molecule has 3 heteroatoms. The monoisotopic (exact) mass is 226 g/mol. The van der Waals surface area contributed by atoms with Crippen molar-refractivity contribution < 1.29 is 5.11 Å². The molecule has 3 aliphatic heterocycles. The van der Waals surface area contributed by atoms with Crippen molar-refractivity contribution in [2.24, 2.45) is 11.8 Å². The number of nitrogens with one attached hydrogen (secondary N) is 1. The maximum Gasteiger partial charge on any atom is 0.0667 e. The maximum atomic E-state index is 9.84. The van der Waals surface area contributed by atoms with Crippen molar-refractivity contribution >= 4 is 0 Å². The summed E-state index contributed by atoms with van der Waals surface area (Å²) < 4.78 is 0. The molecule has 2 N–H and O–H groups in total. The van der Waals surface area contributed by atoms with E-state index in [1.807, 2.05) is 0 Å². The molecule has 2 bridgehead atoms. The fourth-order valence-electron chi connectivity index (χ4n) is 3.11. The van der Waals surface area contributed by atoms with E-state index in [-0.39, 0.29) is 6.10 Å². The number of rotatable bonds is 5. The van der Waals surface area contributed by atoms with Gasteiger partial charge in [-0.05, 0) is 44.2 Å². The van der Waals surface area contributed by atoms with Crippen LogP contribution in [0.1, 0.15) is 33.1 Å². The number of nitrogens with zero attached hydrogens (tertiary/aromatic N) is 1. The summed E-state index contributed by atoms with van der Waals surface area (Å²) in [6.45, 7) is 8.87. The van der Waals surface area contributed by atoms with Crippen LogP contribution in [0.3, 0.4) is 0 Å². The van der Waals surface area contributed by atoms with Gasteiger partial charge in [-0.25, -0.2) is 0 Å². The second-order valence-electron chi connectivity index (χ2n) is 5.94. The zero-order valence-electron chi connectivity index (χ0n) is 10.7. The van der Waals surface area contributed by atoms with Gasteiger partial charge in [-0.2, -0.15) is 0 Å². The van der Waals surface area contributed by atoms with Gasteiger partial charge in [-0.15, -0.1) is 0 Å². The van der Waals surface area contributed by atoms with E-state index < -0.39 is 0 Å². The van der Waals surface area contributed by atoms with Crippen molar-refractivity contribution in [1.82, 2.24) is 10.2 Å². The second kappa shape index (κ2) is 5.48. The molecule has 2 atom stereocenters. The summed E-state index contributed by atoms with van der Waals surface area (Å²) in [5.41, 5.74) is 0. The Morgan fingerprint density at radius 2 is 2.00 bits per heavy atom. The number of fused-ring (bicyclic) bond motifs is 3. The molecular formula is C13H26N2O. The Morgan fingerprint density at radius 1 is 1.31 bits per heavy atom. The van der Waals surface area contributed by atoms with Crippen LogP contribution in [0.15, 0.2) is 0 Å². The molecule has 0 amide bonds. The lowest BCUT2D eigenvalue weighted by molar-refractivity contribution is 0.0611. The van der Waals surface area contributed by atoms with E-state index in [1.165, 1.54) is 32.5 Å². The molecule has 16 heavy (non-hydrogen) atoms. The van der Waals surface area contributed by atoms with Gasteiger partial charge in [0.05, 0.1) is 6.10 Å². The number of aliphatic hydroxyl groups is 1. The van der Waals surface area contributed by atoms with Crippen LogP contribution in [0.4, 0.5) is 0 Å². The van der Waals surface area contributed by atoms with E-state index in [0.717, 1.165) is 18.9 Å². The highest BCUT2D eigenvalue weighted by atomic mass is 16.3. The Labute approximate surface area is 99.2 Å². The van der Waals surface area contributed by atoms with E-state index in [4.69, 9.17) is 0 Å². The molecule has 0 aromatic heterocycles. The molecular weight excluding hydrogens is 200 g/mol. The van der Waals surface area contributed by atoms with Crippen molar-refractivity contribution in [2.75, 3.05) is 26.2 Å². The van der Waals surface area contributed by atoms with Gasteiger partial charge in [0.1, 0.15) is 0 Å². The third-order valence-electron chi connectivity index (χ3n) is 4.02. The van der Waals surface area contributed by atoms with Gasteiger partial charge in [0.25, 0.3) is 0 Å². The first-order chi connectivity index (χ1) is 7.65. The highest BCUT2D eigenvalue weighted by molar-refractivity contribution is 4.91. The molecule has 0 aromatic rings. The van der Waals surface area contributed by atoms with Crippen LogP contribution in [0.2, 0.25) is 0 Å². The van der Waals surface area contributed by atoms with Crippen molar-refractivity contribution in [2.45, 2.75) is 45.3 Å². The third kappa shape index (κ3) is 3.19. The van der Waals surface area contributed by atoms with Gasteiger partial charge in [0.15, 0.2) is 0 Å². The van der Waals surface area contributed by atoms with Gasteiger partial charge in [0, 0.05) is 19.1 Å². The smallest absolute Gasteiger partial charge is 0.0667 e. The fourth-order valence-corrected chi connectivity index (χ4v) is 3.11. The largest absolute Gasteiger partial charge is 0.392 e. The maximum absolute atomic E-state index is 9.84. The predicted octanol–water partition coefficient (Wildman–Crippen LogP) is 1.08. The van der Waals surface area contributed by atoms with E-state index in [0.29, 0.717) is 12.0 Å². The lowest BCUT2D eigenvalue weighted by atomic mass is 9.84. The molecule has 0 saturated carbocycles. The predicted molar refractivity (Wildman–Crippen MR) is 66.4 cm³/mol. The summed E-state index contributed by atoms with van der Waals surface area (Å²) >= 11 is 0. The summed E-state index contributed by atoms with van der Waals surface area (Å²) in [5.74, 6) is 1.44. The van der Waals surface area contributed by atoms with Crippen molar-refractivity contribution in [1.29, 1.82) is 0 Å². The molecule has 3 aliphatic rings. The number of aliphatic hydroxyl groups excluding tert-OH is 1. The van der Waals surface area contributed by atoms with Crippen LogP contribution in [0.5, 0.6) is 0 Å². The molecule has 0 radical (unpaired) electrons. The summed E-state index contributed by atoms with van der Waals surface area (Å²) in [6, 6.07) is 0.629. The first kappa shape index (κ1) is 12.3. The van der Waals surface area contributed by atoms with E-state index in [9.17, 15) is 5.11 Å². The van der Waals surface area contributed by atoms with E-state index >= 15 is 0 Å². The third-order valence-corrected chi connectivity index (χ3v) is 4.02. The molecule has 3 fully saturated rings. The molecule has 0 aromatic carbocycles. The van der Waals surface area contributed by atoms with Gasteiger partial charge < -0.3 is 15.3 Å². The van der Waals surface area contributed by atoms with Gasteiger partial charge in [-0.3, -0.25) is 0 Å². The summed E-state index contributed by atoms with van der Waals surface area (Å²) in [5, 5.41) is 13.4. The molecule has 3 rings (SSSR count). The van der Waals surface area contributed by atoms with Crippen LogP contribution in [-0.2, 0) is 0 Å². The van der Waals surface area contributed by atoms with Crippen LogP contribution >= 0.6 is 0 Å². The first-order valence-corrected chi connectivity index (χ1v) is 6.79. The highest BCUT2D eigenvalue weighted by Gasteiger charge is 2.33. The molecule has 0 spiro atoms. The quantitative estimate of drug-likeness (QED) is 0.736. The van der Waals surface area contributed by atoms with E-state index in [1.54, 1.807) is 0 Å². The highest BCUT2D eigenvalue weighted by Crippen LogP contribution is 2.27. The van der Waals surface area contributed by atoms with Gasteiger partial charge >= 0.3 is 0 Å². The summed E-state index contributed by atoms with van der Waals surface area (Å²) in [7, 11) is 0. The SMILES string of the molecule is CC(C)CC(O)CNC1CN2CCC1CC2. The lowest BCUT2D eigenvalue weighted by Crippen LogP contribution is -2.57. The molecule has 94 valence electrons. The van der Waals surface area contributed by atoms with Crippen molar-refractivity contribution in [3.05, 3.63) is 0 Å². The van der Waals surface area contributed by atoms with E-state index in [2.05, 4.69) is 24.1 Å². The zero-order valence-corrected chi connectivity index (χ0v) is 10.7. The summed E-state index contributed by atoms with van der Waals surface area (Å²) in [4.78, 5) is 2.55. The van der Waals surface area contributed by atoms with Crippen LogP contribution in [0, 0.1) is 11.8 Å². The molecule has 3 heterocycles. The first-order valence-electron chi connectivity index (χ1n) is 6.79. The van der Waals surface area contributed by atoms with Crippen molar-refractivity contribution in [3.8, 4) is 0 Å². The summed E-state index contributed by atoms with van der Waals surface area (Å²) in [6.07, 6.45) is 3.43. The Morgan fingerprint density at radius 3 is 2.50 bits per heavy atom. The van der Waals surface area contributed by atoms with Crippen molar-refractivity contribution in [3.63, 3.8) is 0 Å². The van der Waals surface area contributed by atoms with Gasteiger partial charge in [-0.1, -0.05) is 13.8 Å². The number of hydrogen-bond donors (Lipinski definition) is 2. The number of piperidine rings is 3. The zero-order chi connectivity index (χ0) is 11.5. The standard InChI is InChI=1S/C13H26N2O/c1-10(2)7-12(16)8-14-13-9-15-5-3-11(13)4-6-15/h10-14,16H,3-9H2,1-2H3. The minimum Gasteiger partial charge on any atom is -0.392 e. The average molecular weight is 226 g/mol. The van der Waals surface area contributed by atoms with Crippen LogP contribution < -0.4 is 5.32 Å². The fraction of sp³-hybridized carbons (Fsp3) is 1.00. The Balaban J connectivity index is 1.70.